The Morgan fingerprint density at radius 1 is 1.29 bits per heavy atom. The highest BCUT2D eigenvalue weighted by Crippen LogP contribution is 2.62. The van der Waals surface area contributed by atoms with Crippen LogP contribution >= 0.6 is 0 Å². The van der Waals surface area contributed by atoms with Crippen molar-refractivity contribution in [3.8, 4) is 5.75 Å². The van der Waals surface area contributed by atoms with E-state index in [9.17, 15) is 4.79 Å². The summed E-state index contributed by atoms with van der Waals surface area (Å²) in [4.78, 5) is 12.6. The van der Waals surface area contributed by atoms with Crippen molar-refractivity contribution in [3.63, 3.8) is 0 Å². The molecule has 5 heteroatoms. The summed E-state index contributed by atoms with van der Waals surface area (Å²) >= 11 is 0. The van der Waals surface area contributed by atoms with Crippen molar-refractivity contribution in [2.75, 3.05) is 13.2 Å². The number of amides is 2. The summed E-state index contributed by atoms with van der Waals surface area (Å²) in [7, 11) is 0. The Morgan fingerprint density at radius 3 is 2.96 bits per heavy atom. The van der Waals surface area contributed by atoms with Crippen LogP contribution in [0.3, 0.4) is 0 Å². The molecule has 5 rings (SSSR count). The van der Waals surface area contributed by atoms with Gasteiger partial charge in [-0.05, 0) is 32.3 Å². The predicted octanol–water partition coefficient (Wildman–Crippen LogP) is 2.69. The van der Waals surface area contributed by atoms with Crippen LogP contribution in [0.1, 0.15) is 42.9 Å². The maximum absolute atomic E-state index is 12.6. The summed E-state index contributed by atoms with van der Waals surface area (Å²) in [6.07, 6.45) is 5.10. The SMILES string of the molecule is Cc1ccc2c(c1)[C@H](NC(=O)N[C@@H]1[C@H]3CCO[C@@H]3C13CCC3)CO2. The van der Waals surface area contributed by atoms with Crippen LogP contribution in [-0.4, -0.2) is 31.4 Å². The molecule has 2 amide bonds. The van der Waals surface area contributed by atoms with E-state index in [1.54, 1.807) is 0 Å². The zero-order valence-electron chi connectivity index (χ0n) is 14.0. The molecule has 2 heterocycles. The molecule has 2 aliphatic heterocycles. The maximum Gasteiger partial charge on any atom is 0.315 e. The van der Waals surface area contributed by atoms with Gasteiger partial charge in [0.2, 0.25) is 0 Å². The summed E-state index contributed by atoms with van der Waals surface area (Å²) in [5.41, 5.74) is 2.49. The molecular weight excluding hydrogens is 304 g/mol. The van der Waals surface area contributed by atoms with E-state index in [0.29, 0.717) is 18.6 Å². The molecule has 2 aliphatic carbocycles. The van der Waals surface area contributed by atoms with E-state index in [2.05, 4.69) is 23.6 Å². The highest BCUT2D eigenvalue weighted by Gasteiger charge is 2.67. The van der Waals surface area contributed by atoms with Gasteiger partial charge in [-0.2, -0.15) is 0 Å². The molecular formula is C19H24N2O3. The molecule has 1 spiro atoms. The lowest BCUT2D eigenvalue weighted by Crippen LogP contribution is -2.72. The van der Waals surface area contributed by atoms with Crippen molar-refractivity contribution in [3.05, 3.63) is 29.3 Å². The Kier molecular flexibility index (Phi) is 3.11. The molecule has 0 unspecified atom stereocenters. The zero-order valence-corrected chi connectivity index (χ0v) is 14.0. The molecule has 2 N–H and O–H groups in total. The number of nitrogens with one attached hydrogen (secondary N) is 2. The van der Waals surface area contributed by atoms with Crippen LogP contribution in [0, 0.1) is 18.3 Å². The molecule has 1 saturated heterocycles. The standard InChI is InChI=1S/C19H24N2O3/c1-11-3-4-15-13(9-11)14(10-24-15)20-18(22)21-16-12-5-8-23-17(12)19(16)6-2-7-19/h3-4,9,12,14,16-17H,2,5-8,10H2,1H3,(H2,20,21,22)/t12-,14-,16-,17+/m1/s1. The monoisotopic (exact) mass is 328 g/mol. The van der Waals surface area contributed by atoms with E-state index in [-0.39, 0.29) is 23.5 Å². The molecule has 4 aliphatic rings. The zero-order chi connectivity index (χ0) is 16.3. The molecule has 0 aromatic heterocycles. The first-order valence-corrected chi connectivity index (χ1v) is 9.09. The molecule has 0 bridgehead atoms. The van der Waals surface area contributed by atoms with Crippen LogP contribution in [0.25, 0.3) is 0 Å². The Morgan fingerprint density at radius 2 is 2.17 bits per heavy atom. The quantitative estimate of drug-likeness (QED) is 0.877. The summed E-state index contributed by atoms with van der Waals surface area (Å²) in [5, 5.41) is 6.38. The van der Waals surface area contributed by atoms with Crippen LogP contribution < -0.4 is 15.4 Å². The van der Waals surface area contributed by atoms with Gasteiger partial charge in [0, 0.05) is 29.5 Å². The number of aryl methyl sites for hydroxylation is 1. The molecule has 0 radical (unpaired) electrons. The molecule has 24 heavy (non-hydrogen) atoms. The van der Waals surface area contributed by atoms with Crippen molar-refractivity contribution >= 4 is 6.03 Å². The third kappa shape index (κ3) is 1.94. The number of benzene rings is 1. The van der Waals surface area contributed by atoms with E-state index in [4.69, 9.17) is 9.47 Å². The minimum atomic E-state index is -0.0698. The van der Waals surface area contributed by atoms with Crippen molar-refractivity contribution in [1.29, 1.82) is 0 Å². The van der Waals surface area contributed by atoms with Crippen LogP contribution in [0.2, 0.25) is 0 Å². The largest absolute Gasteiger partial charge is 0.491 e. The average Bonchev–Trinajstić information content (AvgIpc) is 3.09. The fraction of sp³-hybridized carbons (Fsp3) is 0.632. The Labute approximate surface area is 142 Å². The van der Waals surface area contributed by atoms with Gasteiger partial charge >= 0.3 is 6.03 Å². The first-order valence-electron chi connectivity index (χ1n) is 9.09. The van der Waals surface area contributed by atoms with E-state index in [1.807, 2.05) is 12.1 Å². The van der Waals surface area contributed by atoms with Gasteiger partial charge in [-0.1, -0.05) is 24.1 Å². The average molecular weight is 328 g/mol. The molecule has 3 fully saturated rings. The van der Waals surface area contributed by atoms with Crippen molar-refractivity contribution in [2.45, 2.75) is 50.8 Å². The summed E-state index contributed by atoms with van der Waals surface area (Å²) in [6, 6.07) is 6.27. The van der Waals surface area contributed by atoms with Crippen molar-refractivity contribution in [2.24, 2.45) is 11.3 Å². The number of hydrogen-bond acceptors (Lipinski definition) is 3. The lowest BCUT2D eigenvalue weighted by atomic mass is 9.46. The van der Waals surface area contributed by atoms with E-state index < -0.39 is 0 Å². The van der Waals surface area contributed by atoms with Crippen molar-refractivity contribution < 1.29 is 14.3 Å². The van der Waals surface area contributed by atoms with Gasteiger partial charge in [0.1, 0.15) is 12.4 Å². The number of rotatable bonds is 2. The van der Waals surface area contributed by atoms with Crippen LogP contribution in [-0.2, 0) is 4.74 Å². The fourth-order valence-electron chi connectivity index (χ4n) is 5.25. The highest BCUT2D eigenvalue weighted by molar-refractivity contribution is 5.75. The Balaban J connectivity index is 1.27. The predicted molar refractivity (Wildman–Crippen MR) is 89.0 cm³/mol. The van der Waals surface area contributed by atoms with E-state index >= 15 is 0 Å². The maximum atomic E-state index is 12.6. The first-order chi connectivity index (χ1) is 11.7. The molecule has 1 aromatic rings. The number of urea groups is 1. The molecule has 128 valence electrons. The van der Waals surface area contributed by atoms with Crippen LogP contribution in [0.15, 0.2) is 18.2 Å². The van der Waals surface area contributed by atoms with E-state index in [0.717, 1.165) is 24.3 Å². The number of ether oxygens (including phenoxy) is 2. The fourth-order valence-corrected chi connectivity index (χ4v) is 5.25. The van der Waals surface area contributed by atoms with Crippen molar-refractivity contribution in [1.82, 2.24) is 10.6 Å². The molecule has 2 saturated carbocycles. The Hall–Kier alpha value is -1.75. The third-order valence-corrected chi connectivity index (χ3v) is 6.57. The van der Waals surface area contributed by atoms with Crippen LogP contribution in [0.4, 0.5) is 4.79 Å². The first kappa shape index (κ1) is 14.6. The van der Waals surface area contributed by atoms with Gasteiger partial charge < -0.3 is 20.1 Å². The number of hydrogen-bond donors (Lipinski definition) is 2. The van der Waals surface area contributed by atoms with Crippen LogP contribution in [0.5, 0.6) is 5.75 Å². The number of fused-ring (bicyclic) bond motifs is 3. The van der Waals surface area contributed by atoms with Gasteiger partial charge in [-0.3, -0.25) is 0 Å². The summed E-state index contributed by atoms with van der Waals surface area (Å²) < 4.78 is 11.6. The van der Waals surface area contributed by atoms with Gasteiger partial charge in [-0.25, -0.2) is 4.79 Å². The highest BCUT2D eigenvalue weighted by atomic mass is 16.5. The van der Waals surface area contributed by atoms with Gasteiger partial charge in [0.15, 0.2) is 0 Å². The number of carbonyl (C=O) groups is 1. The second kappa shape index (κ2) is 5.12. The minimum Gasteiger partial charge on any atom is -0.491 e. The second-order valence-corrected chi connectivity index (χ2v) is 7.83. The Bertz CT molecular complexity index is 685. The van der Waals surface area contributed by atoms with Gasteiger partial charge in [0.05, 0.1) is 12.1 Å². The third-order valence-electron chi connectivity index (χ3n) is 6.57. The lowest BCUT2D eigenvalue weighted by Gasteiger charge is -2.63. The van der Waals surface area contributed by atoms with E-state index in [1.165, 1.54) is 24.8 Å². The summed E-state index contributed by atoms with van der Waals surface area (Å²) in [6.45, 7) is 3.42. The molecule has 4 atom stereocenters. The molecule has 5 nitrogen and oxygen atoms in total. The number of carbonyl (C=O) groups excluding carboxylic acids is 1. The smallest absolute Gasteiger partial charge is 0.315 e. The van der Waals surface area contributed by atoms with Gasteiger partial charge in [-0.15, -0.1) is 0 Å². The minimum absolute atomic E-state index is 0.0621. The normalized spacial score (nSPS) is 34.5. The summed E-state index contributed by atoms with van der Waals surface area (Å²) in [5.74, 6) is 1.39. The van der Waals surface area contributed by atoms with Gasteiger partial charge in [0.25, 0.3) is 0 Å². The molecule has 1 aromatic carbocycles. The topological polar surface area (TPSA) is 59.6 Å². The second-order valence-electron chi connectivity index (χ2n) is 7.83. The lowest BCUT2D eigenvalue weighted by molar-refractivity contribution is -0.172.